The first kappa shape index (κ1) is 36.2. The topological polar surface area (TPSA) is 141 Å². The highest BCUT2D eigenvalue weighted by Crippen LogP contribution is 2.45. The van der Waals surface area contributed by atoms with Gasteiger partial charge in [-0.3, -0.25) is 9.69 Å². The number of carbonyl (C=O) groups is 2. The molecule has 2 aliphatic heterocycles. The fourth-order valence-electron chi connectivity index (χ4n) is 6.07. The normalized spacial score (nSPS) is 17.8. The quantitative estimate of drug-likeness (QED) is 0.259. The van der Waals surface area contributed by atoms with Crippen molar-refractivity contribution in [2.45, 2.75) is 58.4 Å². The number of carboxylic acids is 1. The third kappa shape index (κ3) is 7.86. The summed E-state index contributed by atoms with van der Waals surface area (Å²) in [5.41, 5.74) is -0.391. The highest BCUT2D eigenvalue weighted by Gasteiger charge is 2.41. The van der Waals surface area contributed by atoms with Gasteiger partial charge in [0.15, 0.2) is 0 Å². The van der Waals surface area contributed by atoms with Crippen molar-refractivity contribution < 1.29 is 42.1 Å². The zero-order chi connectivity index (χ0) is 36.2. The number of hydrogen-bond donors (Lipinski definition) is 1. The van der Waals surface area contributed by atoms with Crippen molar-refractivity contribution in [3.8, 4) is 11.8 Å². The number of morpholine rings is 1. The Balaban J connectivity index is 1.61. The lowest BCUT2D eigenvalue weighted by Crippen LogP contribution is -2.48. The van der Waals surface area contributed by atoms with Gasteiger partial charge < -0.3 is 29.1 Å². The lowest BCUT2D eigenvalue weighted by molar-refractivity contribution is -0.149. The number of anilines is 3. The van der Waals surface area contributed by atoms with Gasteiger partial charge in [-0.05, 0) is 68.7 Å². The summed E-state index contributed by atoms with van der Waals surface area (Å²) < 4.78 is 58.4. The van der Waals surface area contributed by atoms with E-state index in [1.54, 1.807) is 35.5 Å². The first-order valence-corrected chi connectivity index (χ1v) is 16.2. The lowest BCUT2D eigenvalue weighted by atomic mass is 9.88. The van der Waals surface area contributed by atoms with Crippen molar-refractivity contribution in [1.82, 2.24) is 9.97 Å². The molecule has 2 atom stereocenters. The summed E-state index contributed by atoms with van der Waals surface area (Å²) in [4.78, 5) is 40.1. The molecular weight excluding hydrogens is 657 g/mol. The fraction of sp³-hybridized carbons (Fsp3) is 0.457. The number of fused-ring (bicyclic) bond motifs is 1. The van der Waals surface area contributed by atoms with E-state index < -0.39 is 41.3 Å². The molecule has 3 heterocycles. The number of aliphatic carboxylic acids is 1. The smallest absolute Gasteiger partial charge is 0.416 e. The van der Waals surface area contributed by atoms with E-state index in [0.717, 1.165) is 17.8 Å². The number of amides is 1. The van der Waals surface area contributed by atoms with Crippen molar-refractivity contribution in [3.05, 3.63) is 71.0 Å². The van der Waals surface area contributed by atoms with Gasteiger partial charge in [0, 0.05) is 31.2 Å². The number of alkyl halides is 3. The Labute approximate surface area is 288 Å². The molecule has 2 aromatic carbocycles. The highest BCUT2D eigenvalue weighted by molar-refractivity contribution is 5.91. The minimum absolute atomic E-state index is 0.107. The van der Waals surface area contributed by atoms with Gasteiger partial charge in [0.05, 0.1) is 72.7 Å². The molecule has 15 heteroatoms. The summed E-state index contributed by atoms with van der Waals surface area (Å²) in [6.07, 6.45) is -1.34. The van der Waals surface area contributed by atoms with Gasteiger partial charge in [-0.25, -0.2) is 14.8 Å². The van der Waals surface area contributed by atoms with Crippen LogP contribution in [0.3, 0.4) is 0 Å². The maximum atomic E-state index is 13.9. The minimum atomic E-state index is -4.68. The third-order valence-electron chi connectivity index (χ3n) is 8.95. The molecule has 50 heavy (non-hydrogen) atoms. The van der Waals surface area contributed by atoms with Gasteiger partial charge in [0.25, 0.3) is 0 Å². The van der Waals surface area contributed by atoms with Crippen LogP contribution < -0.4 is 19.4 Å². The van der Waals surface area contributed by atoms with Gasteiger partial charge >= 0.3 is 18.2 Å². The van der Waals surface area contributed by atoms with Gasteiger partial charge in [0.2, 0.25) is 5.95 Å². The van der Waals surface area contributed by atoms with Gasteiger partial charge in [-0.2, -0.15) is 18.4 Å². The largest absolute Gasteiger partial charge is 0.497 e. The van der Waals surface area contributed by atoms with E-state index in [9.17, 15) is 33.1 Å². The average molecular weight is 697 g/mol. The number of carboxylic acid groups (broad SMARTS) is 1. The van der Waals surface area contributed by atoms with Crippen LogP contribution in [-0.4, -0.2) is 73.2 Å². The monoisotopic (exact) mass is 696 g/mol. The van der Waals surface area contributed by atoms with Crippen molar-refractivity contribution in [3.63, 3.8) is 0 Å². The van der Waals surface area contributed by atoms with Crippen LogP contribution in [0.1, 0.15) is 61.9 Å². The molecule has 1 N–H and O–H groups in total. The molecule has 1 fully saturated rings. The van der Waals surface area contributed by atoms with E-state index in [2.05, 4.69) is 14.9 Å². The van der Waals surface area contributed by atoms with Crippen LogP contribution in [0, 0.1) is 16.7 Å². The number of methoxy groups -OCH3 is 1. The molecule has 12 nitrogen and oxygen atoms in total. The zero-order valence-corrected chi connectivity index (χ0v) is 28.2. The van der Waals surface area contributed by atoms with E-state index in [1.165, 1.54) is 31.9 Å². The summed E-state index contributed by atoms with van der Waals surface area (Å²) in [6.45, 7) is 6.74. The van der Waals surface area contributed by atoms with Gasteiger partial charge in [0.1, 0.15) is 12.4 Å². The molecule has 5 rings (SSSR count). The maximum Gasteiger partial charge on any atom is 0.416 e. The first-order valence-electron chi connectivity index (χ1n) is 16.2. The number of nitriles is 1. The highest BCUT2D eigenvalue weighted by atomic mass is 19.4. The Morgan fingerprint density at radius 3 is 2.42 bits per heavy atom. The molecule has 1 aromatic heterocycles. The molecule has 0 bridgehead atoms. The Morgan fingerprint density at radius 1 is 1.12 bits per heavy atom. The second-order valence-electron chi connectivity index (χ2n) is 12.8. The SMILES string of the molecule is CC[C@@H]1C[C@H](N(Cc2cc(C#N)cc(C(F)(F)F)c2)c2ncc(N3CCOCC3)cn2)c2cc(OC)ccc2N1C(=O)OCC(C)(C)C(=O)O. The van der Waals surface area contributed by atoms with E-state index in [-0.39, 0.29) is 36.6 Å². The third-order valence-corrected chi connectivity index (χ3v) is 8.95. The molecule has 0 saturated carbocycles. The van der Waals surface area contributed by atoms with Gasteiger partial charge in [-0.1, -0.05) is 6.92 Å². The second-order valence-corrected chi connectivity index (χ2v) is 12.8. The molecule has 1 saturated heterocycles. The Hall–Kier alpha value is -5.10. The standard InChI is InChI=1S/C35H39F3N6O6/c1-5-25-15-30(28-16-27(48-4)6-7-29(28)44(25)33(47)50-21-34(2,3)31(45)46)43(20-23-12-22(17-39)13-24(14-23)35(36,37)38)32-40-18-26(19-41-32)42-8-10-49-11-9-42/h6-7,12-14,16,18-19,25,30H,5,8-11,15,20-21H2,1-4H3,(H,45,46)/t25-,30+/m1/s1. The van der Waals surface area contributed by atoms with Crippen LogP contribution in [0.2, 0.25) is 0 Å². The number of hydrogen-bond acceptors (Lipinski definition) is 10. The summed E-state index contributed by atoms with van der Waals surface area (Å²) in [5, 5.41) is 19.2. The maximum absolute atomic E-state index is 13.9. The predicted octanol–water partition coefficient (Wildman–Crippen LogP) is 6.20. The van der Waals surface area contributed by atoms with Crippen molar-refractivity contribution in [2.24, 2.45) is 5.41 Å². The predicted molar refractivity (Wildman–Crippen MR) is 177 cm³/mol. The fourth-order valence-corrected chi connectivity index (χ4v) is 6.07. The summed E-state index contributed by atoms with van der Waals surface area (Å²) >= 11 is 0. The van der Waals surface area contributed by atoms with Gasteiger partial charge in [-0.15, -0.1) is 0 Å². The number of aromatic nitrogens is 2. The summed E-state index contributed by atoms with van der Waals surface area (Å²) in [5.74, 6) is -0.421. The van der Waals surface area contributed by atoms with Crippen LogP contribution in [0.15, 0.2) is 48.8 Å². The number of ether oxygens (including phenoxy) is 3. The summed E-state index contributed by atoms with van der Waals surface area (Å²) in [7, 11) is 1.49. The van der Waals surface area contributed by atoms with Crippen LogP contribution in [-0.2, 0) is 27.0 Å². The minimum Gasteiger partial charge on any atom is -0.497 e. The number of carbonyl (C=O) groups excluding carboxylic acids is 1. The van der Waals surface area contributed by atoms with Crippen LogP contribution >= 0.6 is 0 Å². The van der Waals surface area contributed by atoms with Crippen LogP contribution in [0.25, 0.3) is 0 Å². The molecule has 0 spiro atoms. The van der Waals surface area contributed by atoms with E-state index in [4.69, 9.17) is 14.2 Å². The lowest BCUT2D eigenvalue weighted by Gasteiger charge is -2.44. The average Bonchev–Trinajstić information content (AvgIpc) is 3.11. The van der Waals surface area contributed by atoms with Crippen molar-refractivity contribution >= 4 is 29.4 Å². The number of nitrogens with zero attached hydrogens (tertiary/aromatic N) is 6. The number of halogens is 3. The Bertz CT molecular complexity index is 1740. The van der Waals surface area contributed by atoms with Crippen molar-refractivity contribution in [2.75, 3.05) is 54.7 Å². The molecule has 0 unspecified atom stereocenters. The Morgan fingerprint density at radius 2 is 1.82 bits per heavy atom. The molecule has 3 aromatic rings. The first-order chi connectivity index (χ1) is 23.7. The molecule has 1 amide bonds. The molecule has 266 valence electrons. The molecule has 2 aliphatic rings. The molecular formula is C35H39F3N6O6. The second kappa shape index (κ2) is 14.8. The zero-order valence-electron chi connectivity index (χ0n) is 28.2. The Kier molecular flexibility index (Phi) is 10.7. The van der Waals surface area contributed by atoms with E-state index in [0.29, 0.717) is 49.7 Å². The number of benzene rings is 2. The van der Waals surface area contributed by atoms with Crippen LogP contribution in [0.4, 0.5) is 35.3 Å². The molecule has 0 radical (unpaired) electrons. The van der Waals surface area contributed by atoms with Crippen molar-refractivity contribution in [1.29, 1.82) is 5.26 Å². The van der Waals surface area contributed by atoms with Crippen LogP contribution in [0.5, 0.6) is 5.75 Å². The van der Waals surface area contributed by atoms with E-state index >= 15 is 0 Å². The molecule has 0 aliphatic carbocycles. The number of rotatable bonds is 10. The van der Waals surface area contributed by atoms with E-state index in [1.807, 2.05) is 13.0 Å². The summed E-state index contributed by atoms with van der Waals surface area (Å²) in [6, 6.07) is 9.14.